The monoisotopic (exact) mass is 340 g/mol. The highest BCUT2D eigenvalue weighted by Gasteiger charge is 2.24. The molecule has 2 aromatic heterocycles. The van der Waals surface area contributed by atoms with Crippen LogP contribution in [0, 0.1) is 0 Å². The fourth-order valence-electron chi connectivity index (χ4n) is 3.40. The Kier molecular flexibility index (Phi) is 4.21. The lowest BCUT2D eigenvalue weighted by molar-refractivity contribution is 0.319. The van der Waals surface area contributed by atoms with Gasteiger partial charge in [-0.25, -0.2) is 9.37 Å². The van der Waals surface area contributed by atoms with Gasteiger partial charge in [0.1, 0.15) is 18.0 Å². The second-order valence-electron chi connectivity index (χ2n) is 6.18. The Bertz CT molecular complexity index is 858. The molecule has 0 radical (unpaired) electrons. The number of allylic oxidation sites excluding steroid dienone is 5. The fraction of sp³-hybridized carbons (Fsp3) is 0.389. The molecular formula is C18H21FN6. The van der Waals surface area contributed by atoms with Gasteiger partial charge < -0.3 is 9.80 Å². The number of rotatable bonds is 3. The third-order valence-corrected chi connectivity index (χ3v) is 4.71. The SMILES string of the molecule is CCc1cnc2ncnn2c1N1CCN(C2=C(F)C=CCC=C2)CC1. The summed E-state index contributed by atoms with van der Waals surface area (Å²) in [7, 11) is 0. The van der Waals surface area contributed by atoms with Crippen LogP contribution in [0.15, 0.2) is 48.4 Å². The Balaban J connectivity index is 1.59. The van der Waals surface area contributed by atoms with Crippen LogP contribution < -0.4 is 4.90 Å². The average molecular weight is 340 g/mol. The van der Waals surface area contributed by atoms with Crippen LogP contribution in [0.3, 0.4) is 0 Å². The first kappa shape index (κ1) is 15.8. The van der Waals surface area contributed by atoms with Gasteiger partial charge in [-0.05, 0) is 25.0 Å². The predicted molar refractivity (Wildman–Crippen MR) is 95.0 cm³/mol. The Morgan fingerprint density at radius 2 is 1.80 bits per heavy atom. The van der Waals surface area contributed by atoms with E-state index in [0.717, 1.165) is 50.4 Å². The van der Waals surface area contributed by atoms with Gasteiger partial charge in [0.05, 0.1) is 5.70 Å². The van der Waals surface area contributed by atoms with Crippen molar-refractivity contribution in [2.75, 3.05) is 31.1 Å². The molecule has 3 heterocycles. The quantitative estimate of drug-likeness (QED) is 0.859. The second kappa shape index (κ2) is 6.66. The minimum atomic E-state index is -0.154. The first-order valence-electron chi connectivity index (χ1n) is 8.68. The molecule has 0 amide bonds. The van der Waals surface area contributed by atoms with Crippen molar-refractivity contribution in [3.8, 4) is 0 Å². The molecule has 7 heteroatoms. The van der Waals surface area contributed by atoms with Crippen molar-refractivity contribution in [3.05, 3.63) is 53.9 Å². The number of halogens is 1. The van der Waals surface area contributed by atoms with Crippen molar-refractivity contribution in [2.24, 2.45) is 0 Å². The first-order valence-corrected chi connectivity index (χ1v) is 8.68. The molecule has 0 bridgehead atoms. The van der Waals surface area contributed by atoms with Crippen LogP contribution in [0.4, 0.5) is 10.2 Å². The maximum absolute atomic E-state index is 14.3. The maximum atomic E-state index is 14.3. The summed E-state index contributed by atoms with van der Waals surface area (Å²) in [6.45, 7) is 5.26. The van der Waals surface area contributed by atoms with Gasteiger partial charge in [-0.15, -0.1) is 0 Å². The van der Waals surface area contributed by atoms with Crippen molar-refractivity contribution >= 4 is 11.6 Å². The van der Waals surface area contributed by atoms with Crippen LogP contribution >= 0.6 is 0 Å². The third-order valence-electron chi connectivity index (χ3n) is 4.71. The standard InChI is InChI=1S/C18H21FN6/c1-2-14-12-20-18-21-13-22-25(18)17(14)24-10-8-23(9-11-24)16-7-5-3-4-6-15(16)19/h4-7,12-13H,2-3,8-11H2,1H3. The zero-order valence-electron chi connectivity index (χ0n) is 14.3. The number of anilines is 1. The smallest absolute Gasteiger partial charge is 0.254 e. The summed E-state index contributed by atoms with van der Waals surface area (Å²) >= 11 is 0. The van der Waals surface area contributed by atoms with Gasteiger partial charge in [-0.2, -0.15) is 14.6 Å². The van der Waals surface area contributed by atoms with E-state index in [4.69, 9.17) is 0 Å². The predicted octanol–water partition coefficient (Wildman–Crippen LogP) is 2.51. The molecular weight excluding hydrogens is 319 g/mol. The minimum Gasteiger partial charge on any atom is -0.366 e. The lowest BCUT2D eigenvalue weighted by atomic mass is 10.2. The molecule has 0 unspecified atom stereocenters. The number of nitrogens with zero attached hydrogens (tertiary/aromatic N) is 6. The summed E-state index contributed by atoms with van der Waals surface area (Å²) in [5.74, 6) is 1.51. The van der Waals surface area contributed by atoms with Gasteiger partial charge in [0.2, 0.25) is 0 Å². The highest BCUT2D eigenvalue weighted by atomic mass is 19.1. The lowest BCUT2D eigenvalue weighted by Crippen LogP contribution is -2.46. The van der Waals surface area contributed by atoms with Crippen molar-refractivity contribution in [2.45, 2.75) is 19.8 Å². The number of fused-ring (bicyclic) bond motifs is 1. The van der Waals surface area contributed by atoms with E-state index in [1.807, 2.05) is 28.9 Å². The molecule has 1 fully saturated rings. The largest absolute Gasteiger partial charge is 0.366 e. The van der Waals surface area contributed by atoms with Gasteiger partial charge in [0.15, 0.2) is 0 Å². The van der Waals surface area contributed by atoms with E-state index in [0.29, 0.717) is 11.5 Å². The molecule has 1 aliphatic heterocycles. The minimum absolute atomic E-state index is 0.154. The van der Waals surface area contributed by atoms with Crippen LogP contribution in [0.5, 0.6) is 0 Å². The van der Waals surface area contributed by atoms with Gasteiger partial charge in [0.25, 0.3) is 5.78 Å². The Morgan fingerprint density at radius 1 is 1.04 bits per heavy atom. The summed E-state index contributed by atoms with van der Waals surface area (Å²) < 4.78 is 16.1. The number of aryl methyl sites for hydroxylation is 1. The van der Waals surface area contributed by atoms with Gasteiger partial charge in [-0.1, -0.05) is 19.1 Å². The van der Waals surface area contributed by atoms with Crippen LogP contribution in [-0.4, -0.2) is 50.7 Å². The molecule has 2 aliphatic rings. The van der Waals surface area contributed by atoms with E-state index in [-0.39, 0.29) is 5.83 Å². The maximum Gasteiger partial charge on any atom is 0.254 e. The zero-order valence-corrected chi connectivity index (χ0v) is 14.3. The molecule has 1 saturated heterocycles. The highest BCUT2D eigenvalue weighted by molar-refractivity contribution is 5.52. The number of aromatic nitrogens is 4. The van der Waals surface area contributed by atoms with Crippen molar-refractivity contribution < 1.29 is 4.39 Å². The van der Waals surface area contributed by atoms with E-state index in [2.05, 4.69) is 31.8 Å². The summed E-state index contributed by atoms with van der Waals surface area (Å²) in [4.78, 5) is 13.0. The Hall–Kier alpha value is -2.70. The summed E-state index contributed by atoms with van der Waals surface area (Å²) in [6.07, 6.45) is 12.4. The topological polar surface area (TPSA) is 49.6 Å². The normalized spacial score (nSPS) is 18.3. The number of piperazine rings is 1. The van der Waals surface area contributed by atoms with Gasteiger partial charge in [-0.3, -0.25) is 0 Å². The highest BCUT2D eigenvalue weighted by Crippen LogP contribution is 2.25. The number of hydrogen-bond donors (Lipinski definition) is 0. The second-order valence-corrected chi connectivity index (χ2v) is 6.18. The summed E-state index contributed by atoms with van der Waals surface area (Å²) in [5.41, 5.74) is 1.83. The van der Waals surface area contributed by atoms with Gasteiger partial charge >= 0.3 is 0 Å². The first-order chi connectivity index (χ1) is 12.3. The van der Waals surface area contributed by atoms with Crippen LogP contribution in [0.2, 0.25) is 0 Å². The molecule has 2 aromatic rings. The van der Waals surface area contributed by atoms with Crippen LogP contribution in [0.1, 0.15) is 18.9 Å². The van der Waals surface area contributed by atoms with Crippen molar-refractivity contribution in [1.29, 1.82) is 0 Å². The van der Waals surface area contributed by atoms with Gasteiger partial charge in [0, 0.05) is 37.9 Å². The Morgan fingerprint density at radius 3 is 2.60 bits per heavy atom. The zero-order chi connectivity index (χ0) is 17.2. The van der Waals surface area contributed by atoms with E-state index < -0.39 is 0 Å². The third kappa shape index (κ3) is 2.90. The molecule has 0 spiro atoms. The molecule has 1 aliphatic carbocycles. The fourth-order valence-corrected chi connectivity index (χ4v) is 3.40. The molecule has 25 heavy (non-hydrogen) atoms. The molecule has 0 N–H and O–H groups in total. The summed E-state index contributed by atoms with van der Waals surface area (Å²) in [5, 5.41) is 4.33. The van der Waals surface area contributed by atoms with Crippen molar-refractivity contribution in [1.82, 2.24) is 24.5 Å². The lowest BCUT2D eigenvalue weighted by Gasteiger charge is -2.38. The van der Waals surface area contributed by atoms with E-state index in [1.54, 1.807) is 6.08 Å². The summed E-state index contributed by atoms with van der Waals surface area (Å²) in [6, 6.07) is 0. The average Bonchev–Trinajstić information content (AvgIpc) is 3.02. The van der Waals surface area contributed by atoms with Crippen LogP contribution in [0.25, 0.3) is 5.78 Å². The van der Waals surface area contributed by atoms with E-state index in [1.165, 1.54) is 6.33 Å². The van der Waals surface area contributed by atoms with E-state index >= 15 is 0 Å². The molecule has 130 valence electrons. The molecule has 0 aromatic carbocycles. The van der Waals surface area contributed by atoms with E-state index in [9.17, 15) is 4.39 Å². The Labute approximate surface area is 146 Å². The molecule has 0 saturated carbocycles. The molecule has 0 atom stereocenters. The van der Waals surface area contributed by atoms with Crippen molar-refractivity contribution in [3.63, 3.8) is 0 Å². The molecule has 6 nitrogen and oxygen atoms in total. The number of hydrogen-bond acceptors (Lipinski definition) is 5. The van der Waals surface area contributed by atoms with Crippen LogP contribution in [-0.2, 0) is 6.42 Å². The molecule has 4 rings (SSSR count).